The van der Waals surface area contributed by atoms with Crippen molar-refractivity contribution in [1.29, 1.82) is 0 Å². The van der Waals surface area contributed by atoms with Gasteiger partial charge in [0.1, 0.15) is 11.8 Å². The van der Waals surface area contributed by atoms with Gasteiger partial charge >= 0.3 is 5.97 Å². The van der Waals surface area contributed by atoms with Gasteiger partial charge in [-0.2, -0.15) is 0 Å². The smallest absolute Gasteiger partial charge is 0.312 e. The summed E-state index contributed by atoms with van der Waals surface area (Å²) < 4.78 is 9.99. The third-order valence-electron chi connectivity index (χ3n) is 7.20. The molecule has 0 bridgehead atoms. The van der Waals surface area contributed by atoms with Crippen molar-refractivity contribution < 1.29 is 14.3 Å². The number of carbonyl (C=O) groups excluding carboxylic acids is 2. The molecule has 3 aromatic rings. The van der Waals surface area contributed by atoms with Gasteiger partial charge in [0.15, 0.2) is 0 Å². The number of imidazole rings is 1. The van der Waals surface area contributed by atoms with Crippen LogP contribution in [-0.4, -0.2) is 50.1 Å². The summed E-state index contributed by atoms with van der Waals surface area (Å²) in [4.78, 5) is 32.3. The number of fused-ring (bicyclic) bond motifs is 1. The second-order valence-electron chi connectivity index (χ2n) is 9.22. The number of benzene rings is 1. The molecule has 4 heterocycles. The molecule has 0 radical (unpaired) electrons. The monoisotopic (exact) mass is 418 g/mol. The number of ether oxygens (including phenoxy) is 1. The van der Waals surface area contributed by atoms with E-state index in [-0.39, 0.29) is 18.0 Å². The molecule has 7 heteroatoms. The first-order chi connectivity index (χ1) is 15.1. The molecule has 160 valence electrons. The van der Waals surface area contributed by atoms with Crippen molar-refractivity contribution in [3.8, 4) is 0 Å². The Kier molecular flexibility index (Phi) is 4.20. The van der Waals surface area contributed by atoms with Gasteiger partial charge in [-0.25, -0.2) is 4.98 Å². The summed E-state index contributed by atoms with van der Waals surface area (Å²) in [6, 6.07) is 12.3. The van der Waals surface area contributed by atoms with Gasteiger partial charge in [-0.15, -0.1) is 0 Å². The van der Waals surface area contributed by atoms with Crippen LogP contribution in [0.1, 0.15) is 48.6 Å². The van der Waals surface area contributed by atoms with Crippen molar-refractivity contribution >= 4 is 22.9 Å². The Bertz CT molecular complexity index is 1150. The van der Waals surface area contributed by atoms with Gasteiger partial charge in [0.25, 0.3) is 5.91 Å². The molecule has 6 rings (SSSR count). The van der Waals surface area contributed by atoms with Crippen LogP contribution in [0.15, 0.2) is 48.9 Å². The van der Waals surface area contributed by atoms with E-state index in [2.05, 4.69) is 14.1 Å². The molecule has 7 nitrogen and oxygen atoms in total. The van der Waals surface area contributed by atoms with Gasteiger partial charge in [0.2, 0.25) is 0 Å². The molecular formula is C24H26N4O3. The minimum Gasteiger partial charge on any atom is -0.460 e. The third kappa shape index (κ3) is 3.14. The van der Waals surface area contributed by atoms with E-state index >= 15 is 0 Å². The van der Waals surface area contributed by atoms with Crippen LogP contribution in [0.2, 0.25) is 0 Å². The minimum atomic E-state index is -0.462. The van der Waals surface area contributed by atoms with Gasteiger partial charge in [-0.1, -0.05) is 12.1 Å². The van der Waals surface area contributed by atoms with E-state index in [1.165, 1.54) is 0 Å². The number of amides is 1. The molecule has 3 fully saturated rings. The van der Waals surface area contributed by atoms with E-state index < -0.39 is 5.41 Å². The van der Waals surface area contributed by atoms with Crippen LogP contribution in [0, 0.1) is 5.41 Å². The second kappa shape index (κ2) is 6.97. The number of likely N-dealkylation sites (tertiary alicyclic amines) is 1. The fourth-order valence-corrected chi connectivity index (χ4v) is 5.27. The Labute approximate surface area is 180 Å². The number of aromatic nitrogens is 3. The van der Waals surface area contributed by atoms with Crippen LogP contribution in [-0.2, 0) is 16.1 Å². The van der Waals surface area contributed by atoms with Gasteiger partial charge in [0.05, 0.1) is 29.3 Å². The molecule has 3 aliphatic rings. The van der Waals surface area contributed by atoms with Crippen LogP contribution in [0.4, 0.5) is 0 Å². The maximum Gasteiger partial charge on any atom is 0.312 e. The molecule has 2 aliphatic heterocycles. The normalized spacial score (nSPS) is 22.9. The fourth-order valence-electron chi connectivity index (χ4n) is 5.27. The van der Waals surface area contributed by atoms with Crippen molar-refractivity contribution in [2.45, 2.75) is 50.8 Å². The maximum absolute atomic E-state index is 13.1. The lowest BCUT2D eigenvalue weighted by molar-refractivity contribution is -0.150. The SMILES string of the molecule is O=C(c1cccn1C1CC1)N1CCC2(CC1)CC(Cn1cnc3ccccc31)OC2=O. The van der Waals surface area contributed by atoms with Crippen LogP contribution >= 0.6 is 0 Å². The molecule has 1 aromatic carbocycles. The lowest BCUT2D eigenvalue weighted by Crippen LogP contribution is -2.45. The van der Waals surface area contributed by atoms with E-state index in [4.69, 9.17) is 4.74 Å². The molecule has 2 saturated heterocycles. The zero-order valence-electron chi connectivity index (χ0n) is 17.4. The van der Waals surface area contributed by atoms with Crippen LogP contribution in [0.3, 0.4) is 0 Å². The zero-order valence-corrected chi connectivity index (χ0v) is 17.4. The van der Waals surface area contributed by atoms with E-state index in [0.717, 1.165) is 29.6 Å². The Hall–Kier alpha value is -3.09. The number of cyclic esters (lactones) is 1. The zero-order chi connectivity index (χ0) is 21.0. The number of esters is 1. The molecule has 0 N–H and O–H groups in total. The topological polar surface area (TPSA) is 69.4 Å². The van der Waals surface area contributed by atoms with Gasteiger partial charge in [-0.3, -0.25) is 9.59 Å². The summed E-state index contributed by atoms with van der Waals surface area (Å²) in [7, 11) is 0. The molecular weight excluding hydrogens is 392 g/mol. The summed E-state index contributed by atoms with van der Waals surface area (Å²) in [6.07, 6.45) is 8.02. The highest BCUT2D eigenvalue weighted by Gasteiger charge is 2.51. The van der Waals surface area contributed by atoms with Crippen molar-refractivity contribution in [3.05, 3.63) is 54.6 Å². The highest BCUT2D eigenvalue weighted by molar-refractivity contribution is 5.93. The van der Waals surface area contributed by atoms with Gasteiger partial charge in [0, 0.05) is 31.7 Å². The highest BCUT2D eigenvalue weighted by Crippen LogP contribution is 2.44. The quantitative estimate of drug-likeness (QED) is 0.609. The first-order valence-electron chi connectivity index (χ1n) is 11.2. The summed E-state index contributed by atoms with van der Waals surface area (Å²) in [5, 5.41) is 0. The van der Waals surface area contributed by atoms with E-state index in [1.54, 1.807) is 0 Å². The van der Waals surface area contributed by atoms with Crippen LogP contribution in [0.5, 0.6) is 0 Å². The molecule has 2 aromatic heterocycles. The number of rotatable bonds is 4. The average molecular weight is 418 g/mol. The Morgan fingerprint density at radius 2 is 1.94 bits per heavy atom. The second-order valence-corrected chi connectivity index (χ2v) is 9.22. The molecule has 1 unspecified atom stereocenters. The van der Waals surface area contributed by atoms with Gasteiger partial charge < -0.3 is 18.8 Å². The summed E-state index contributed by atoms with van der Waals surface area (Å²) >= 11 is 0. The van der Waals surface area contributed by atoms with Gasteiger partial charge in [-0.05, 0) is 49.9 Å². The standard InChI is InChI=1S/C24H26N4O3/c29-22(21-6-3-11-28(21)17-7-8-17)26-12-9-24(10-13-26)14-18(31-23(24)30)15-27-16-25-19-4-1-2-5-20(19)27/h1-6,11,16-18H,7-10,12-15H2. The summed E-state index contributed by atoms with van der Waals surface area (Å²) in [5.74, 6) is -0.0186. The van der Waals surface area contributed by atoms with Crippen molar-refractivity contribution in [2.75, 3.05) is 13.1 Å². The van der Waals surface area contributed by atoms with Crippen molar-refractivity contribution in [2.24, 2.45) is 5.41 Å². The first kappa shape index (κ1) is 18.7. The highest BCUT2D eigenvalue weighted by atomic mass is 16.6. The Morgan fingerprint density at radius 1 is 1.13 bits per heavy atom. The third-order valence-corrected chi connectivity index (χ3v) is 7.20. The number of hydrogen-bond acceptors (Lipinski definition) is 4. The predicted octanol–water partition coefficient (Wildman–Crippen LogP) is 3.41. The Morgan fingerprint density at radius 3 is 2.74 bits per heavy atom. The average Bonchev–Trinajstić information content (AvgIpc) is 3.25. The number of piperidine rings is 1. The largest absolute Gasteiger partial charge is 0.460 e. The summed E-state index contributed by atoms with van der Waals surface area (Å²) in [6.45, 7) is 1.82. The molecule has 1 saturated carbocycles. The maximum atomic E-state index is 13.1. The lowest BCUT2D eigenvalue weighted by Gasteiger charge is -2.36. The van der Waals surface area contributed by atoms with E-state index in [9.17, 15) is 9.59 Å². The lowest BCUT2D eigenvalue weighted by atomic mass is 9.76. The Balaban J connectivity index is 1.13. The summed E-state index contributed by atoms with van der Waals surface area (Å²) in [5.41, 5.74) is 2.32. The predicted molar refractivity (Wildman–Crippen MR) is 115 cm³/mol. The molecule has 31 heavy (non-hydrogen) atoms. The molecule has 1 spiro atoms. The minimum absolute atomic E-state index is 0.0829. The molecule has 1 aliphatic carbocycles. The molecule has 1 atom stereocenters. The fraction of sp³-hybridized carbons (Fsp3) is 0.458. The number of para-hydroxylation sites is 2. The van der Waals surface area contributed by atoms with Crippen LogP contribution < -0.4 is 0 Å². The van der Waals surface area contributed by atoms with E-state index in [0.29, 0.717) is 44.9 Å². The number of carbonyl (C=O) groups is 2. The van der Waals surface area contributed by atoms with E-state index in [1.807, 2.05) is 53.8 Å². The van der Waals surface area contributed by atoms with Crippen molar-refractivity contribution in [1.82, 2.24) is 19.0 Å². The van der Waals surface area contributed by atoms with Crippen LogP contribution in [0.25, 0.3) is 11.0 Å². The number of hydrogen-bond donors (Lipinski definition) is 0. The molecule has 1 amide bonds. The van der Waals surface area contributed by atoms with Crippen molar-refractivity contribution in [3.63, 3.8) is 0 Å². The number of nitrogens with zero attached hydrogens (tertiary/aromatic N) is 4. The first-order valence-corrected chi connectivity index (χ1v) is 11.2.